The van der Waals surface area contributed by atoms with Gasteiger partial charge in [0.2, 0.25) is 0 Å². The normalized spacial score (nSPS) is 12.7. The molecule has 2 aromatic rings. The van der Waals surface area contributed by atoms with E-state index in [-0.39, 0.29) is 0 Å². The standard InChI is InChI=1S/C16H22N2S/c1-10-6-12(3)16(7-11(10)2)13(4)17-8-15-9-18-14(5)19-15/h6-7,9,13,17H,8H2,1-5H3. The fraction of sp³-hybridized carbons (Fsp3) is 0.438. The maximum Gasteiger partial charge on any atom is 0.0897 e. The molecule has 0 spiro atoms. The number of hydrogen-bond acceptors (Lipinski definition) is 3. The Morgan fingerprint density at radius 2 is 1.79 bits per heavy atom. The smallest absolute Gasteiger partial charge is 0.0897 e. The molecule has 0 radical (unpaired) electrons. The molecule has 0 aliphatic heterocycles. The topological polar surface area (TPSA) is 24.9 Å². The third-order valence-corrected chi connectivity index (χ3v) is 4.51. The fourth-order valence-electron chi connectivity index (χ4n) is 2.30. The van der Waals surface area contributed by atoms with Crippen LogP contribution in [0.1, 0.15) is 45.1 Å². The highest BCUT2D eigenvalue weighted by atomic mass is 32.1. The van der Waals surface area contributed by atoms with E-state index in [1.807, 2.05) is 13.1 Å². The van der Waals surface area contributed by atoms with E-state index in [9.17, 15) is 0 Å². The quantitative estimate of drug-likeness (QED) is 0.902. The van der Waals surface area contributed by atoms with E-state index in [1.54, 1.807) is 11.3 Å². The number of benzene rings is 1. The Labute approximate surface area is 119 Å². The maximum absolute atomic E-state index is 4.29. The third kappa shape index (κ3) is 3.43. The molecule has 2 nitrogen and oxygen atoms in total. The van der Waals surface area contributed by atoms with Gasteiger partial charge in [0.1, 0.15) is 0 Å². The van der Waals surface area contributed by atoms with E-state index < -0.39 is 0 Å². The van der Waals surface area contributed by atoms with Crippen LogP contribution in [-0.2, 0) is 6.54 Å². The van der Waals surface area contributed by atoms with Crippen molar-refractivity contribution in [1.29, 1.82) is 0 Å². The largest absolute Gasteiger partial charge is 0.305 e. The summed E-state index contributed by atoms with van der Waals surface area (Å²) in [5.41, 5.74) is 5.49. The number of rotatable bonds is 4. The predicted octanol–water partition coefficient (Wildman–Crippen LogP) is 4.23. The highest BCUT2D eigenvalue weighted by molar-refractivity contribution is 7.11. The van der Waals surface area contributed by atoms with Crippen molar-refractivity contribution >= 4 is 11.3 Å². The van der Waals surface area contributed by atoms with E-state index in [0.717, 1.165) is 11.6 Å². The molecule has 1 N–H and O–H groups in total. The summed E-state index contributed by atoms with van der Waals surface area (Å²) in [4.78, 5) is 5.59. The lowest BCUT2D eigenvalue weighted by atomic mass is 9.96. The van der Waals surface area contributed by atoms with Crippen LogP contribution in [0.2, 0.25) is 0 Å². The zero-order valence-corrected chi connectivity index (χ0v) is 13.2. The molecule has 0 aliphatic carbocycles. The molecule has 1 atom stereocenters. The van der Waals surface area contributed by atoms with Crippen LogP contribution in [-0.4, -0.2) is 4.98 Å². The molecule has 0 saturated carbocycles. The van der Waals surface area contributed by atoms with Crippen LogP contribution in [0, 0.1) is 27.7 Å². The second-order valence-corrected chi connectivity index (χ2v) is 6.56. The van der Waals surface area contributed by atoms with Gasteiger partial charge in [-0.05, 0) is 56.9 Å². The van der Waals surface area contributed by atoms with Crippen molar-refractivity contribution in [3.8, 4) is 0 Å². The molecule has 1 unspecified atom stereocenters. The number of hydrogen-bond donors (Lipinski definition) is 1. The predicted molar refractivity (Wildman–Crippen MR) is 82.8 cm³/mol. The summed E-state index contributed by atoms with van der Waals surface area (Å²) in [6.45, 7) is 11.7. The summed E-state index contributed by atoms with van der Waals surface area (Å²) in [5.74, 6) is 0. The Kier molecular flexibility index (Phi) is 4.38. The number of aromatic nitrogens is 1. The van der Waals surface area contributed by atoms with E-state index in [2.05, 4.69) is 50.1 Å². The van der Waals surface area contributed by atoms with Gasteiger partial charge in [-0.2, -0.15) is 0 Å². The van der Waals surface area contributed by atoms with Crippen molar-refractivity contribution in [2.24, 2.45) is 0 Å². The molecule has 0 bridgehead atoms. The molecule has 0 amide bonds. The Bertz CT molecular complexity index is 572. The van der Waals surface area contributed by atoms with Crippen LogP contribution < -0.4 is 5.32 Å². The molecular weight excluding hydrogens is 252 g/mol. The van der Waals surface area contributed by atoms with Gasteiger partial charge in [0.05, 0.1) is 5.01 Å². The first-order chi connectivity index (χ1) is 8.97. The zero-order valence-electron chi connectivity index (χ0n) is 12.4. The van der Waals surface area contributed by atoms with Gasteiger partial charge >= 0.3 is 0 Å². The van der Waals surface area contributed by atoms with Gasteiger partial charge in [-0.25, -0.2) is 4.98 Å². The van der Waals surface area contributed by atoms with Crippen molar-refractivity contribution in [1.82, 2.24) is 10.3 Å². The second kappa shape index (κ2) is 5.85. The minimum Gasteiger partial charge on any atom is -0.305 e. The molecule has 0 aliphatic rings. The minimum absolute atomic E-state index is 0.363. The van der Waals surface area contributed by atoms with Crippen molar-refractivity contribution in [3.05, 3.63) is 50.5 Å². The van der Waals surface area contributed by atoms with E-state index in [4.69, 9.17) is 0 Å². The zero-order chi connectivity index (χ0) is 14.0. The first-order valence-corrected chi connectivity index (χ1v) is 7.51. The molecule has 19 heavy (non-hydrogen) atoms. The van der Waals surface area contributed by atoms with Crippen molar-refractivity contribution in [2.45, 2.75) is 47.2 Å². The van der Waals surface area contributed by atoms with E-state index in [0.29, 0.717) is 6.04 Å². The molecule has 3 heteroatoms. The van der Waals surface area contributed by atoms with Crippen LogP contribution in [0.3, 0.4) is 0 Å². The lowest BCUT2D eigenvalue weighted by Crippen LogP contribution is -2.18. The van der Waals surface area contributed by atoms with Gasteiger partial charge in [0, 0.05) is 23.7 Å². The van der Waals surface area contributed by atoms with Gasteiger partial charge in [-0.1, -0.05) is 12.1 Å². The Morgan fingerprint density at radius 3 is 2.42 bits per heavy atom. The molecule has 2 rings (SSSR count). The Morgan fingerprint density at radius 1 is 1.11 bits per heavy atom. The van der Waals surface area contributed by atoms with Crippen LogP contribution in [0.25, 0.3) is 0 Å². The SMILES string of the molecule is Cc1ncc(CNC(C)c2cc(C)c(C)cc2C)s1. The van der Waals surface area contributed by atoms with Gasteiger partial charge in [-0.15, -0.1) is 11.3 Å². The Balaban J connectivity index is 2.07. The van der Waals surface area contributed by atoms with Gasteiger partial charge in [0.25, 0.3) is 0 Å². The maximum atomic E-state index is 4.29. The number of nitrogens with zero attached hydrogens (tertiary/aromatic N) is 1. The lowest BCUT2D eigenvalue weighted by molar-refractivity contribution is 0.575. The molecule has 1 aromatic carbocycles. The van der Waals surface area contributed by atoms with Crippen LogP contribution in [0.15, 0.2) is 18.3 Å². The molecule has 102 valence electrons. The summed E-state index contributed by atoms with van der Waals surface area (Å²) in [6, 6.07) is 4.95. The molecule has 1 aromatic heterocycles. The first kappa shape index (κ1) is 14.2. The third-order valence-electron chi connectivity index (χ3n) is 3.60. The monoisotopic (exact) mass is 274 g/mol. The Hall–Kier alpha value is -1.19. The van der Waals surface area contributed by atoms with E-state index in [1.165, 1.54) is 27.1 Å². The summed E-state index contributed by atoms with van der Waals surface area (Å²) in [5, 5.41) is 4.72. The van der Waals surface area contributed by atoms with E-state index >= 15 is 0 Å². The van der Waals surface area contributed by atoms with Crippen molar-refractivity contribution < 1.29 is 0 Å². The minimum atomic E-state index is 0.363. The van der Waals surface area contributed by atoms with Gasteiger partial charge in [0.15, 0.2) is 0 Å². The summed E-state index contributed by atoms with van der Waals surface area (Å²) in [6.07, 6.45) is 1.97. The van der Waals surface area contributed by atoms with Gasteiger partial charge in [-0.3, -0.25) is 0 Å². The van der Waals surface area contributed by atoms with Crippen LogP contribution in [0.5, 0.6) is 0 Å². The summed E-state index contributed by atoms with van der Waals surface area (Å²) in [7, 11) is 0. The number of thiazole rings is 1. The van der Waals surface area contributed by atoms with Crippen LogP contribution >= 0.6 is 11.3 Å². The molecular formula is C16H22N2S. The second-order valence-electron chi connectivity index (χ2n) is 5.24. The van der Waals surface area contributed by atoms with Crippen LogP contribution in [0.4, 0.5) is 0 Å². The number of aryl methyl sites for hydroxylation is 4. The van der Waals surface area contributed by atoms with Crippen molar-refractivity contribution in [3.63, 3.8) is 0 Å². The fourth-order valence-corrected chi connectivity index (χ4v) is 3.05. The molecule has 0 fully saturated rings. The highest BCUT2D eigenvalue weighted by Crippen LogP contribution is 2.22. The van der Waals surface area contributed by atoms with Gasteiger partial charge < -0.3 is 5.32 Å². The molecule has 1 heterocycles. The average molecular weight is 274 g/mol. The van der Waals surface area contributed by atoms with Crippen molar-refractivity contribution in [2.75, 3.05) is 0 Å². The average Bonchev–Trinajstić information content (AvgIpc) is 2.77. The molecule has 0 saturated heterocycles. The number of nitrogens with one attached hydrogen (secondary N) is 1. The lowest BCUT2D eigenvalue weighted by Gasteiger charge is -2.18. The first-order valence-electron chi connectivity index (χ1n) is 6.70. The summed E-state index contributed by atoms with van der Waals surface area (Å²) < 4.78 is 0. The summed E-state index contributed by atoms with van der Waals surface area (Å²) >= 11 is 1.76. The highest BCUT2D eigenvalue weighted by Gasteiger charge is 2.10.